The summed E-state index contributed by atoms with van der Waals surface area (Å²) in [6, 6.07) is 11.3. The van der Waals surface area contributed by atoms with Crippen molar-refractivity contribution < 1.29 is 18.0 Å². The van der Waals surface area contributed by atoms with Crippen molar-refractivity contribution in [3.8, 4) is 0 Å². The van der Waals surface area contributed by atoms with Crippen molar-refractivity contribution in [2.75, 3.05) is 17.1 Å². The van der Waals surface area contributed by atoms with E-state index in [2.05, 4.69) is 21.2 Å². The van der Waals surface area contributed by atoms with Gasteiger partial charge in [-0.05, 0) is 63.1 Å². The van der Waals surface area contributed by atoms with Crippen LogP contribution >= 0.6 is 27.5 Å². The van der Waals surface area contributed by atoms with E-state index in [-0.39, 0.29) is 24.2 Å². The Morgan fingerprint density at radius 2 is 1.79 bits per heavy atom. The summed E-state index contributed by atoms with van der Waals surface area (Å²) < 4.78 is 27.0. The van der Waals surface area contributed by atoms with Crippen molar-refractivity contribution in [1.29, 1.82) is 0 Å². The molecule has 0 heterocycles. The van der Waals surface area contributed by atoms with Gasteiger partial charge in [0.15, 0.2) is 0 Å². The maximum absolute atomic E-state index is 13.4. The Kier molecular flexibility index (Phi) is 9.34. The zero-order chi connectivity index (χ0) is 24.9. The van der Waals surface area contributed by atoms with Crippen molar-refractivity contribution in [2.45, 2.75) is 46.3 Å². The molecule has 0 saturated heterocycles. The van der Waals surface area contributed by atoms with Crippen LogP contribution in [-0.4, -0.2) is 50.0 Å². The molecule has 2 aromatic carbocycles. The Labute approximate surface area is 209 Å². The number of nitrogens with zero attached hydrogens (tertiary/aromatic N) is 2. The molecule has 2 aromatic rings. The highest BCUT2D eigenvalue weighted by molar-refractivity contribution is 9.10. The quantitative estimate of drug-likeness (QED) is 0.502. The van der Waals surface area contributed by atoms with Gasteiger partial charge < -0.3 is 10.2 Å². The summed E-state index contributed by atoms with van der Waals surface area (Å²) in [7, 11) is -3.80. The van der Waals surface area contributed by atoms with E-state index in [0.29, 0.717) is 5.02 Å². The fraction of sp³-hybridized carbons (Fsp3) is 0.391. The summed E-state index contributed by atoms with van der Waals surface area (Å²) in [4.78, 5) is 27.6. The van der Waals surface area contributed by atoms with E-state index >= 15 is 0 Å². The molecule has 2 amide bonds. The first-order chi connectivity index (χ1) is 15.3. The average Bonchev–Trinajstić information content (AvgIpc) is 2.70. The van der Waals surface area contributed by atoms with Crippen molar-refractivity contribution >= 4 is 55.1 Å². The lowest BCUT2D eigenvalue weighted by Gasteiger charge is -2.32. The number of nitrogens with one attached hydrogen (secondary N) is 1. The molecule has 0 spiro atoms. The molecule has 0 radical (unpaired) electrons. The predicted molar refractivity (Wildman–Crippen MR) is 136 cm³/mol. The zero-order valence-corrected chi connectivity index (χ0v) is 22.5. The molecule has 0 fully saturated rings. The van der Waals surface area contributed by atoms with E-state index < -0.39 is 28.5 Å². The van der Waals surface area contributed by atoms with Gasteiger partial charge in [0.05, 0.1) is 11.9 Å². The molecule has 0 aliphatic heterocycles. The Morgan fingerprint density at radius 3 is 2.33 bits per heavy atom. The first-order valence-electron chi connectivity index (χ1n) is 10.4. The van der Waals surface area contributed by atoms with Gasteiger partial charge in [-0.25, -0.2) is 8.42 Å². The van der Waals surface area contributed by atoms with Crippen LogP contribution in [0.5, 0.6) is 0 Å². The topological polar surface area (TPSA) is 86.8 Å². The van der Waals surface area contributed by atoms with Crippen LogP contribution in [0.25, 0.3) is 0 Å². The minimum Gasteiger partial charge on any atom is -0.352 e. The van der Waals surface area contributed by atoms with Gasteiger partial charge in [0.2, 0.25) is 21.8 Å². The van der Waals surface area contributed by atoms with Gasteiger partial charge in [0.1, 0.15) is 12.6 Å². The molecule has 0 saturated carbocycles. The van der Waals surface area contributed by atoms with Gasteiger partial charge in [0.25, 0.3) is 0 Å². The van der Waals surface area contributed by atoms with Crippen LogP contribution in [0.4, 0.5) is 5.69 Å². The molecule has 0 bridgehead atoms. The molecular weight excluding hydrogens is 530 g/mol. The van der Waals surface area contributed by atoms with Gasteiger partial charge in [-0.3, -0.25) is 13.9 Å². The number of anilines is 1. The minimum atomic E-state index is -3.80. The molecule has 0 unspecified atom stereocenters. The third kappa shape index (κ3) is 7.72. The number of aryl methyl sites for hydroxylation is 1. The Bertz CT molecular complexity index is 1120. The van der Waals surface area contributed by atoms with E-state index in [1.165, 1.54) is 11.0 Å². The first kappa shape index (κ1) is 27.1. The maximum Gasteiger partial charge on any atom is 0.244 e. The van der Waals surface area contributed by atoms with Crippen molar-refractivity contribution in [2.24, 2.45) is 0 Å². The van der Waals surface area contributed by atoms with Gasteiger partial charge in [-0.1, -0.05) is 45.7 Å². The Morgan fingerprint density at radius 1 is 1.12 bits per heavy atom. The molecular formula is C23H29BrClN3O4S. The second-order valence-electron chi connectivity index (χ2n) is 8.19. The summed E-state index contributed by atoms with van der Waals surface area (Å²) in [6.07, 6.45) is 1.03. The molecule has 2 rings (SSSR count). The Hall–Kier alpha value is -2.10. The third-order valence-electron chi connectivity index (χ3n) is 4.96. The minimum absolute atomic E-state index is 0.106. The number of amides is 2. The monoisotopic (exact) mass is 557 g/mol. The average molecular weight is 559 g/mol. The Balaban J connectivity index is 2.41. The summed E-state index contributed by atoms with van der Waals surface area (Å²) in [6.45, 7) is 6.76. The number of sulfonamides is 1. The second-order valence-corrected chi connectivity index (χ2v) is 11.4. The number of rotatable bonds is 9. The molecule has 1 atom stereocenters. The molecule has 0 aliphatic carbocycles. The van der Waals surface area contributed by atoms with E-state index in [0.717, 1.165) is 26.2 Å². The van der Waals surface area contributed by atoms with Crippen LogP contribution < -0.4 is 9.62 Å². The first-order valence-corrected chi connectivity index (χ1v) is 13.4. The lowest BCUT2D eigenvalue weighted by molar-refractivity contribution is -0.139. The van der Waals surface area contributed by atoms with Crippen LogP contribution in [0.2, 0.25) is 5.02 Å². The van der Waals surface area contributed by atoms with Crippen LogP contribution in [-0.2, 0) is 26.2 Å². The van der Waals surface area contributed by atoms with Crippen LogP contribution in [0, 0.1) is 6.92 Å². The number of hydrogen-bond acceptors (Lipinski definition) is 4. The van der Waals surface area contributed by atoms with Crippen molar-refractivity contribution in [1.82, 2.24) is 10.2 Å². The van der Waals surface area contributed by atoms with Crippen LogP contribution in [0.1, 0.15) is 31.9 Å². The highest BCUT2D eigenvalue weighted by Crippen LogP contribution is 2.25. The van der Waals surface area contributed by atoms with Gasteiger partial charge >= 0.3 is 0 Å². The van der Waals surface area contributed by atoms with E-state index in [1.54, 1.807) is 26.0 Å². The largest absolute Gasteiger partial charge is 0.352 e. The lowest BCUT2D eigenvalue weighted by atomic mass is 10.1. The highest BCUT2D eigenvalue weighted by atomic mass is 79.9. The standard InChI is InChI=1S/C23H29BrClN3O4S/c1-15(2)26-23(30)17(4)27(13-18-7-6-8-19(24)11-18)22(29)14-28(33(5,31)32)20-10-9-16(3)21(25)12-20/h6-12,15,17H,13-14H2,1-5H3,(H,26,30)/t17-/m0/s1. The normalized spacial score (nSPS) is 12.4. The second kappa shape index (κ2) is 11.4. The van der Waals surface area contributed by atoms with Crippen LogP contribution in [0.3, 0.4) is 0 Å². The lowest BCUT2D eigenvalue weighted by Crippen LogP contribution is -2.52. The molecule has 180 valence electrons. The maximum atomic E-state index is 13.4. The molecule has 1 N–H and O–H groups in total. The third-order valence-corrected chi connectivity index (χ3v) is 7.00. The van der Waals surface area contributed by atoms with Crippen molar-refractivity contribution in [3.63, 3.8) is 0 Å². The van der Waals surface area contributed by atoms with Crippen LogP contribution in [0.15, 0.2) is 46.9 Å². The molecule has 10 heteroatoms. The van der Waals surface area contributed by atoms with E-state index in [4.69, 9.17) is 11.6 Å². The smallest absolute Gasteiger partial charge is 0.244 e. The highest BCUT2D eigenvalue weighted by Gasteiger charge is 2.30. The molecule has 7 nitrogen and oxygen atoms in total. The van der Waals surface area contributed by atoms with Crippen molar-refractivity contribution in [3.05, 3.63) is 63.1 Å². The van der Waals surface area contributed by atoms with Gasteiger partial charge in [-0.2, -0.15) is 0 Å². The van der Waals surface area contributed by atoms with Gasteiger partial charge in [0, 0.05) is 22.1 Å². The zero-order valence-electron chi connectivity index (χ0n) is 19.3. The molecule has 0 aromatic heterocycles. The fourth-order valence-corrected chi connectivity index (χ4v) is 4.63. The number of halogens is 2. The number of carbonyl (C=O) groups is 2. The summed E-state index contributed by atoms with van der Waals surface area (Å²) in [5, 5.41) is 3.21. The van der Waals surface area contributed by atoms with Gasteiger partial charge in [-0.15, -0.1) is 0 Å². The summed E-state index contributed by atoms with van der Waals surface area (Å²) >= 11 is 9.61. The predicted octanol–water partition coefficient (Wildman–Crippen LogP) is 4.12. The number of hydrogen-bond donors (Lipinski definition) is 1. The van der Waals surface area contributed by atoms with E-state index in [1.807, 2.05) is 38.1 Å². The fourth-order valence-electron chi connectivity index (χ4n) is 3.17. The summed E-state index contributed by atoms with van der Waals surface area (Å²) in [5.41, 5.74) is 1.87. The molecule has 33 heavy (non-hydrogen) atoms. The molecule has 0 aliphatic rings. The SMILES string of the molecule is Cc1ccc(N(CC(=O)N(Cc2cccc(Br)c2)[C@@H](C)C(=O)NC(C)C)S(C)(=O)=O)cc1Cl. The number of benzene rings is 2. The number of carbonyl (C=O) groups excluding carboxylic acids is 2. The van der Waals surface area contributed by atoms with E-state index in [9.17, 15) is 18.0 Å². The summed E-state index contributed by atoms with van der Waals surface area (Å²) in [5.74, 6) is -0.832.